The second kappa shape index (κ2) is 20.7. The van der Waals surface area contributed by atoms with Crippen LogP contribution in [0.2, 0.25) is 0 Å². The molecule has 10 rings (SSSR count). The number of hydrogen-bond acceptors (Lipinski definition) is 6. The van der Waals surface area contributed by atoms with Gasteiger partial charge in [0.1, 0.15) is 0 Å². The van der Waals surface area contributed by atoms with E-state index in [9.17, 15) is 9.59 Å². The zero-order valence-electron chi connectivity index (χ0n) is 37.2. The van der Waals surface area contributed by atoms with Crippen LogP contribution in [0.5, 0.6) is 0 Å². The molecule has 2 saturated carbocycles. The van der Waals surface area contributed by atoms with E-state index in [-0.39, 0.29) is 11.8 Å². The van der Waals surface area contributed by atoms with E-state index in [0.717, 1.165) is 102 Å². The zero-order valence-corrected chi connectivity index (χ0v) is 37.2. The van der Waals surface area contributed by atoms with Gasteiger partial charge in [0.2, 0.25) is 0 Å². The Balaban J connectivity index is 0.000000156. The van der Waals surface area contributed by atoms with Crippen molar-refractivity contribution in [2.24, 2.45) is 0 Å². The van der Waals surface area contributed by atoms with E-state index in [0.29, 0.717) is 0 Å². The smallest absolute Gasteiger partial charge is 0.253 e. The number of aromatic nitrogens is 2. The van der Waals surface area contributed by atoms with Gasteiger partial charge in [-0.2, -0.15) is 0 Å². The number of fused-ring (bicyclic) bond motifs is 2. The van der Waals surface area contributed by atoms with E-state index < -0.39 is 0 Å². The molecule has 10 nitrogen and oxygen atoms in total. The second-order valence-corrected chi connectivity index (χ2v) is 19.3. The first-order valence-corrected chi connectivity index (χ1v) is 24.7. The molecule has 61 heavy (non-hydrogen) atoms. The highest BCUT2D eigenvalue weighted by atomic mass is 16.2. The van der Waals surface area contributed by atoms with Gasteiger partial charge in [-0.25, -0.2) is 0 Å². The highest BCUT2D eigenvalue weighted by Gasteiger charge is 2.30. The first-order valence-electron chi connectivity index (χ1n) is 24.7. The average Bonchev–Trinajstić information content (AvgIpc) is 4.16. The molecule has 6 heterocycles. The van der Waals surface area contributed by atoms with Crippen LogP contribution in [0.15, 0.2) is 60.9 Å². The third kappa shape index (κ3) is 10.6. The molecule has 0 bridgehead atoms. The van der Waals surface area contributed by atoms with E-state index in [1.54, 1.807) is 0 Å². The minimum absolute atomic E-state index is 0.198. The fourth-order valence-electron chi connectivity index (χ4n) is 11.6. The van der Waals surface area contributed by atoms with E-state index >= 15 is 0 Å². The summed E-state index contributed by atoms with van der Waals surface area (Å²) in [7, 11) is 0. The van der Waals surface area contributed by atoms with Crippen LogP contribution in [-0.2, 0) is 13.1 Å². The number of nitrogens with zero attached hydrogens (tertiary/aromatic N) is 8. The number of amides is 2. The summed E-state index contributed by atoms with van der Waals surface area (Å²) in [5.74, 6) is 0.398. The molecule has 2 aromatic heterocycles. The normalized spacial score (nSPS) is 22.2. The van der Waals surface area contributed by atoms with Crippen LogP contribution in [0, 0.1) is 0 Å². The fourth-order valence-corrected chi connectivity index (χ4v) is 11.6. The lowest BCUT2D eigenvalue weighted by molar-refractivity contribution is 0.0568. The maximum atomic E-state index is 13.1. The minimum atomic E-state index is 0.198. The Morgan fingerprint density at radius 3 is 1.18 bits per heavy atom. The molecule has 4 saturated heterocycles. The molecule has 10 heteroatoms. The molecule has 6 aliphatic rings. The summed E-state index contributed by atoms with van der Waals surface area (Å²) in [4.78, 5) is 40.8. The first kappa shape index (κ1) is 42.6. The molecule has 4 aliphatic heterocycles. The summed E-state index contributed by atoms with van der Waals surface area (Å²) in [5, 5.41) is 2.37. The summed E-state index contributed by atoms with van der Waals surface area (Å²) in [6.45, 7) is 16.9. The van der Waals surface area contributed by atoms with E-state index in [1.165, 1.54) is 144 Å². The SMILES string of the molecule is O=C(c1ccc2c(ccn2CCN2CCCCC2)c1)N1CCN(C2CCCC2)CC1.O=C(c1ccc2c(ccn2CCN2CCCCCC2)c1)N1CCN(C2CCCC2)CC1. The molecule has 2 aliphatic carbocycles. The van der Waals surface area contributed by atoms with Crippen LogP contribution in [-0.4, -0.2) is 154 Å². The predicted molar refractivity (Wildman–Crippen MR) is 249 cm³/mol. The van der Waals surface area contributed by atoms with Gasteiger partial charge < -0.3 is 28.7 Å². The van der Waals surface area contributed by atoms with Crippen molar-refractivity contribution < 1.29 is 9.59 Å². The van der Waals surface area contributed by atoms with Crippen molar-refractivity contribution in [1.82, 2.24) is 38.5 Å². The minimum Gasteiger partial charge on any atom is -0.346 e. The topological polar surface area (TPSA) is 63.4 Å². The Labute approximate surface area is 365 Å². The lowest BCUT2D eigenvalue weighted by atomic mass is 10.1. The molecule has 2 amide bonds. The molecule has 0 unspecified atom stereocenters. The second-order valence-electron chi connectivity index (χ2n) is 19.3. The van der Waals surface area contributed by atoms with Crippen molar-refractivity contribution in [1.29, 1.82) is 0 Å². The van der Waals surface area contributed by atoms with Gasteiger partial charge >= 0.3 is 0 Å². The number of piperazine rings is 2. The number of likely N-dealkylation sites (tertiary alicyclic amines) is 2. The van der Waals surface area contributed by atoms with Crippen LogP contribution >= 0.6 is 0 Å². The molecule has 4 aromatic rings. The van der Waals surface area contributed by atoms with Gasteiger partial charge in [-0.1, -0.05) is 44.9 Å². The number of carbonyl (C=O) groups is 2. The standard InChI is InChI=1S/C26H38N4O.C25H36N4O/c31-26(30-19-17-28(18-20-30)24-7-3-4-8-24)23-9-10-25-22(21-23)11-14-29(25)16-15-27-12-5-1-2-6-13-27;30-25(29-18-16-27(17-19-29)23-6-2-3-7-23)22-8-9-24-21(20-22)10-13-28(24)15-14-26-11-4-1-5-12-26/h9-11,14,21,24H,1-8,12-13,15-20H2;8-10,13,20,23H,1-7,11-12,14-19H2. The van der Waals surface area contributed by atoms with E-state index in [2.05, 4.69) is 87.3 Å². The zero-order chi connectivity index (χ0) is 41.4. The van der Waals surface area contributed by atoms with Gasteiger partial charge in [-0.15, -0.1) is 0 Å². The third-order valence-corrected chi connectivity index (χ3v) is 15.4. The van der Waals surface area contributed by atoms with E-state index in [1.807, 2.05) is 12.1 Å². The molecule has 0 radical (unpaired) electrons. The van der Waals surface area contributed by atoms with Crippen molar-refractivity contribution in [3.8, 4) is 0 Å². The Morgan fingerprint density at radius 2 is 0.787 bits per heavy atom. The van der Waals surface area contributed by atoms with Crippen molar-refractivity contribution in [3.63, 3.8) is 0 Å². The Morgan fingerprint density at radius 1 is 0.410 bits per heavy atom. The van der Waals surface area contributed by atoms with Gasteiger partial charge in [0.15, 0.2) is 0 Å². The largest absolute Gasteiger partial charge is 0.346 e. The van der Waals surface area contributed by atoms with Crippen LogP contribution < -0.4 is 0 Å². The Hall–Kier alpha value is -3.70. The third-order valence-electron chi connectivity index (χ3n) is 15.4. The van der Waals surface area contributed by atoms with Crippen molar-refractivity contribution in [2.45, 2.75) is 121 Å². The average molecular weight is 831 g/mol. The highest BCUT2D eigenvalue weighted by Crippen LogP contribution is 2.27. The molecule has 330 valence electrons. The molecule has 0 atom stereocenters. The molecule has 0 spiro atoms. The molecular weight excluding hydrogens is 757 g/mol. The summed E-state index contributed by atoms with van der Waals surface area (Å²) in [5.41, 5.74) is 4.17. The van der Waals surface area contributed by atoms with Gasteiger partial charge in [0.05, 0.1) is 0 Å². The van der Waals surface area contributed by atoms with Gasteiger partial charge in [0, 0.05) is 136 Å². The number of carbonyl (C=O) groups excluding carboxylic acids is 2. The molecule has 2 aromatic carbocycles. The summed E-state index contributed by atoms with van der Waals surface area (Å²) < 4.78 is 4.70. The van der Waals surface area contributed by atoms with Crippen molar-refractivity contribution >= 4 is 33.6 Å². The monoisotopic (exact) mass is 831 g/mol. The first-order chi connectivity index (χ1) is 30.1. The Kier molecular flexibility index (Phi) is 14.4. The number of piperidine rings is 1. The predicted octanol–water partition coefficient (Wildman–Crippen LogP) is 8.05. The maximum absolute atomic E-state index is 13.1. The number of hydrogen-bond donors (Lipinski definition) is 0. The summed E-state index contributed by atoms with van der Waals surface area (Å²) in [6.07, 6.45) is 24.8. The van der Waals surface area contributed by atoms with Crippen LogP contribution in [0.25, 0.3) is 21.8 Å². The lowest BCUT2D eigenvalue weighted by Crippen LogP contribution is -2.51. The number of benzene rings is 2. The lowest BCUT2D eigenvalue weighted by Gasteiger charge is -2.38. The van der Waals surface area contributed by atoms with Gasteiger partial charge in [0.25, 0.3) is 11.8 Å². The van der Waals surface area contributed by atoms with E-state index in [4.69, 9.17) is 0 Å². The van der Waals surface area contributed by atoms with Gasteiger partial charge in [-0.3, -0.25) is 19.4 Å². The maximum Gasteiger partial charge on any atom is 0.253 e. The quantitative estimate of drug-likeness (QED) is 0.161. The highest BCUT2D eigenvalue weighted by molar-refractivity contribution is 5.99. The van der Waals surface area contributed by atoms with Crippen molar-refractivity contribution in [2.75, 3.05) is 91.6 Å². The summed E-state index contributed by atoms with van der Waals surface area (Å²) in [6, 6.07) is 18.4. The molecule has 0 N–H and O–H groups in total. The Bertz CT molecular complexity index is 2010. The summed E-state index contributed by atoms with van der Waals surface area (Å²) >= 11 is 0. The number of rotatable bonds is 10. The van der Waals surface area contributed by atoms with Crippen LogP contribution in [0.4, 0.5) is 0 Å². The molecular formula is C51H74N8O2. The van der Waals surface area contributed by atoms with Crippen LogP contribution in [0.3, 0.4) is 0 Å². The van der Waals surface area contributed by atoms with Crippen LogP contribution in [0.1, 0.15) is 117 Å². The van der Waals surface area contributed by atoms with Gasteiger partial charge in [-0.05, 0) is 126 Å². The van der Waals surface area contributed by atoms with Crippen molar-refractivity contribution in [3.05, 3.63) is 72.1 Å². The molecule has 6 fully saturated rings. The fraction of sp³-hybridized carbons (Fsp3) is 0.647.